The van der Waals surface area contributed by atoms with E-state index in [2.05, 4.69) is 16.3 Å². The van der Waals surface area contributed by atoms with Crippen LogP contribution in [0.15, 0.2) is 18.2 Å². The summed E-state index contributed by atoms with van der Waals surface area (Å²) in [6.07, 6.45) is 2.85. The Morgan fingerprint density at radius 2 is 1.96 bits per heavy atom. The molecule has 2 aliphatic rings. The van der Waals surface area contributed by atoms with Gasteiger partial charge in [-0.25, -0.2) is 0 Å². The van der Waals surface area contributed by atoms with Crippen LogP contribution < -0.4 is 14.8 Å². The van der Waals surface area contributed by atoms with E-state index in [1.165, 1.54) is 5.56 Å². The molecule has 1 amide bonds. The Kier molecular flexibility index (Phi) is 8.00. The second-order valence-corrected chi connectivity index (χ2v) is 6.68. The number of piperazine rings is 1. The molecule has 0 radical (unpaired) electrons. The van der Waals surface area contributed by atoms with Gasteiger partial charge in [0.15, 0.2) is 0 Å². The zero-order chi connectivity index (χ0) is 17.6. The first kappa shape index (κ1) is 20.8. The van der Waals surface area contributed by atoms with Crippen molar-refractivity contribution in [2.24, 2.45) is 0 Å². The van der Waals surface area contributed by atoms with Crippen molar-refractivity contribution < 1.29 is 14.3 Å². The molecule has 26 heavy (non-hydrogen) atoms. The molecule has 1 N–H and O–H groups in total. The number of hydrogen-bond acceptors (Lipinski definition) is 5. The molecule has 2 heterocycles. The Bertz CT molecular complexity index is 593. The lowest BCUT2D eigenvalue weighted by Gasteiger charge is -2.30. The van der Waals surface area contributed by atoms with Gasteiger partial charge in [-0.2, -0.15) is 0 Å². The Morgan fingerprint density at radius 3 is 2.65 bits per heavy atom. The second kappa shape index (κ2) is 10.00. The molecule has 1 unspecified atom stereocenters. The van der Waals surface area contributed by atoms with Crippen molar-refractivity contribution in [3.8, 4) is 11.5 Å². The summed E-state index contributed by atoms with van der Waals surface area (Å²) in [6.45, 7) is 5.31. The molecule has 0 spiro atoms. The van der Waals surface area contributed by atoms with Crippen LogP contribution in [0.2, 0.25) is 0 Å². The van der Waals surface area contributed by atoms with Crippen LogP contribution in [0.1, 0.15) is 30.9 Å². The Balaban J connectivity index is 0.00000243. The van der Waals surface area contributed by atoms with Crippen molar-refractivity contribution in [1.29, 1.82) is 0 Å². The standard InChI is InChI=1S/C19H29N3O3.ClH/c1-24-15-5-6-16(18(14-15)25-2)17-4-3-10-21(17)11-7-19(23)22-12-8-20-9-13-22;/h5-6,14,17,20H,3-4,7-13H2,1-2H3;1H. The molecular formula is C19H30ClN3O3. The molecule has 3 rings (SSSR count). The van der Waals surface area contributed by atoms with E-state index in [9.17, 15) is 4.79 Å². The van der Waals surface area contributed by atoms with Gasteiger partial charge in [-0.1, -0.05) is 6.07 Å². The number of likely N-dealkylation sites (tertiary alicyclic amines) is 1. The fourth-order valence-electron chi connectivity index (χ4n) is 3.85. The predicted octanol–water partition coefficient (Wildman–Crippen LogP) is 2.08. The van der Waals surface area contributed by atoms with Crippen LogP contribution in [-0.4, -0.2) is 69.2 Å². The van der Waals surface area contributed by atoms with Crippen LogP contribution in [0.5, 0.6) is 11.5 Å². The molecule has 0 aromatic heterocycles. The van der Waals surface area contributed by atoms with Crippen LogP contribution in [0, 0.1) is 0 Å². The second-order valence-electron chi connectivity index (χ2n) is 6.68. The highest BCUT2D eigenvalue weighted by atomic mass is 35.5. The topological polar surface area (TPSA) is 54.0 Å². The first-order valence-electron chi connectivity index (χ1n) is 9.17. The largest absolute Gasteiger partial charge is 0.497 e. The normalized spacial score (nSPS) is 20.5. The van der Waals surface area contributed by atoms with Gasteiger partial charge < -0.3 is 19.7 Å². The summed E-state index contributed by atoms with van der Waals surface area (Å²) >= 11 is 0. The zero-order valence-corrected chi connectivity index (χ0v) is 16.5. The molecule has 2 fully saturated rings. The van der Waals surface area contributed by atoms with Gasteiger partial charge in [-0.15, -0.1) is 12.4 Å². The van der Waals surface area contributed by atoms with Gasteiger partial charge >= 0.3 is 0 Å². The number of amides is 1. The number of carbonyl (C=O) groups is 1. The summed E-state index contributed by atoms with van der Waals surface area (Å²) < 4.78 is 10.9. The van der Waals surface area contributed by atoms with E-state index in [-0.39, 0.29) is 18.3 Å². The lowest BCUT2D eigenvalue weighted by Crippen LogP contribution is -2.47. The van der Waals surface area contributed by atoms with Crippen LogP contribution in [0.25, 0.3) is 0 Å². The maximum Gasteiger partial charge on any atom is 0.223 e. The van der Waals surface area contributed by atoms with E-state index in [0.717, 1.165) is 63.6 Å². The quantitative estimate of drug-likeness (QED) is 0.815. The number of nitrogens with zero attached hydrogens (tertiary/aromatic N) is 2. The smallest absolute Gasteiger partial charge is 0.223 e. The Labute approximate surface area is 162 Å². The lowest BCUT2D eigenvalue weighted by molar-refractivity contribution is -0.132. The van der Waals surface area contributed by atoms with Crippen LogP contribution >= 0.6 is 12.4 Å². The fourth-order valence-corrected chi connectivity index (χ4v) is 3.85. The summed E-state index contributed by atoms with van der Waals surface area (Å²) in [5, 5.41) is 3.29. The molecule has 2 saturated heterocycles. The van der Waals surface area contributed by atoms with E-state index in [0.29, 0.717) is 12.5 Å². The SMILES string of the molecule is COc1ccc(C2CCCN2CCC(=O)N2CCNCC2)c(OC)c1.Cl. The fraction of sp³-hybridized carbons (Fsp3) is 0.632. The first-order chi connectivity index (χ1) is 12.2. The lowest BCUT2D eigenvalue weighted by atomic mass is 10.0. The van der Waals surface area contributed by atoms with Crippen LogP contribution in [0.3, 0.4) is 0 Å². The van der Waals surface area contributed by atoms with Gasteiger partial charge in [0.05, 0.1) is 14.2 Å². The number of nitrogens with one attached hydrogen (secondary N) is 1. The molecule has 2 aliphatic heterocycles. The van der Waals surface area contributed by atoms with Gasteiger partial charge in [0.1, 0.15) is 11.5 Å². The molecular weight excluding hydrogens is 354 g/mol. The van der Waals surface area contributed by atoms with E-state index in [1.54, 1.807) is 14.2 Å². The highest BCUT2D eigenvalue weighted by molar-refractivity contribution is 5.85. The summed E-state index contributed by atoms with van der Waals surface area (Å²) in [4.78, 5) is 16.8. The first-order valence-corrected chi connectivity index (χ1v) is 9.17. The third-order valence-electron chi connectivity index (χ3n) is 5.25. The monoisotopic (exact) mass is 383 g/mol. The van der Waals surface area contributed by atoms with E-state index < -0.39 is 0 Å². The molecule has 0 saturated carbocycles. The average Bonchev–Trinajstić information content (AvgIpc) is 3.14. The minimum Gasteiger partial charge on any atom is -0.497 e. The van der Waals surface area contributed by atoms with Crippen LogP contribution in [0.4, 0.5) is 0 Å². The van der Waals surface area contributed by atoms with Gasteiger partial charge in [0.25, 0.3) is 0 Å². The maximum atomic E-state index is 12.4. The average molecular weight is 384 g/mol. The minimum absolute atomic E-state index is 0. The number of hydrogen-bond donors (Lipinski definition) is 1. The molecule has 146 valence electrons. The van der Waals surface area contributed by atoms with E-state index in [4.69, 9.17) is 9.47 Å². The third kappa shape index (κ3) is 4.81. The highest BCUT2D eigenvalue weighted by Crippen LogP contribution is 2.38. The number of carbonyl (C=O) groups excluding carboxylic acids is 1. The Hall–Kier alpha value is -1.50. The molecule has 1 aromatic carbocycles. The van der Waals surface area contributed by atoms with Gasteiger partial charge in [-0.3, -0.25) is 9.69 Å². The van der Waals surface area contributed by atoms with E-state index >= 15 is 0 Å². The molecule has 1 aromatic rings. The number of benzene rings is 1. The number of halogens is 1. The molecule has 0 aliphatic carbocycles. The van der Waals surface area contributed by atoms with E-state index in [1.807, 2.05) is 17.0 Å². The number of methoxy groups -OCH3 is 2. The molecule has 0 bridgehead atoms. The molecule has 1 atom stereocenters. The Morgan fingerprint density at radius 1 is 1.19 bits per heavy atom. The van der Waals surface area contributed by atoms with Crippen LogP contribution in [-0.2, 0) is 4.79 Å². The van der Waals surface area contributed by atoms with Gasteiger partial charge in [-0.05, 0) is 25.5 Å². The summed E-state index contributed by atoms with van der Waals surface area (Å²) in [7, 11) is 3.36. The van der Waals surface area contributed by atoms with Crippen molar-refractivity contribution in [3.05, 3.63) is 23.8 Å². The third-order valence-corrected chi connectivity index (χ3v) is 5.25. The number of rotatable bonds is 6. The molecule has 7 heteroatoms. The van der Waals surface area contributed by atoms with Crippen molar-refractivity contribution >= 4 is 18.3 Å². The van der Waals surface area contributed by atoms with Gasteiger partial charge in [0, 0.05) is 56.8 Å². The van der Waals surface area contributed by atoms with Crippen molar-refractivity contribution in [1.82, 2.24) is 15.1 Å². The maximum absolute atomic E-state index is 12.4. The van der Waals surface area contributed by atoms with Crippen molar-refractivity contribution in [2.75, 3.05) is 53.5 Å². The van der Waals surface area contributed by atoms with Crippen molar-refractivity contribution in [2.45, 2.75) is 25.3 Å². The zero-order valence-electron chi connectivity index (χ0n) is 15.7. The minimum atomic E-state index is 0. The van der Waals surface area contributed by atoms with Gasteiger partial charge in [0.2, 0.25) is 5.91 Å². The number of ether oxygens (including phenoxy) is 2. The summed E-state index contributed by atoms with van der Waals surface area (Å²) in [6, 6.07) is 6.34. The summed E-state index contributed by atoms with van der Waals surface area (Å²) in [5.74, 6) is 1.94. The highest BCUT2D eigenvalue weighted by Gasteiger charge is 2.29. The van der Waals surface area contributed by atoms with Crippen molar-refractivity contribution in [3.63, 3.8) is 0 Å². The predicted molar refractivity (Wildman–Crippen MR) is 104 cm³/mol. The summed E-state index contributed by atoms with van der Waals surface area (Å²) in [5.41, 5.74) is 1.19. The molecule has 6 nitrogen and oxygen atoms in total.